The van der Waals surface area contributed by atoms with Crippen LogP contribution in [-0.2, 0) is 9.59 Å². The molecule has 37 heavy (non-hydrogen) atoms. The summed E-state index contributed by atoms with van der Waals surface area (Å²) in [5.74, 6) is 0.711. The third-order valence-corrected chi connectivity index (χ3v) is 5.74. The third kappa shape index (κ3) is 5.66. The molecule has 0 fully saturated rings. The minimum atomic E-state index is -0.547. The highest BCUT2D eigenvalue weighted by molar-refractivity contribution is 6.31. The normalized spacial score (nSPS) is 10.7. The van der Waals surface area contributed by atoms with Gasteiger partial charge >= 0.3 is 11.9 Å². The molecule has 5 aromatic carbocycles. The van der Waals surface area contributed by atoms with Crippen molar-refractivity contribution in [3.63, 3.8) is 0 Å². The summed E-state index contributed by atoms with van der Waals surface area (Å²) in [4.78, 5) is 24.9. The molecular weight excluding hydrogens is 492 g/mol. The fourth-order valence-electron chi connectivity index (χ4n) is 3.94. The minimum absolute atomic E-state index is 0.305. The summed E-state index contributed by atoms with van der Waals surface area (Å²) in [5, 5.41) is 3.17. The van der Waals surface area contributed by atoms with Crippen molar-refractivity contribution in [1.82, 2.24) is 0 Å². The van der Waals surface area contributed by atoms with Crippen LogP contribution in [0.4, 0.5) is 0 Å². The van der Waals surface area contributed by atoms with Gasteiger partial charge in [0.2, 0.25) is 0 Å². The Morgan fingerprint density at radius 3 is 1.49 bits per heavy atom. The van der Waals surface area contributed by atoms with E-state index in [4.69, 9.17) is 30.5 Å². The van der Waals surface area contributed by atoms with Gasteiger partial charge in [0.1, 0.15) is 23.0 Å². The molecule has 0 amide bonds. The number of hydrogen-bond donors (Lipinski definition) is 0. The number of carbonyl (C=O) groups excluding carboxylic acids is 2. The summed E-state index contributed by atoms with van der Waals surface area (Å²) in [5.41, 5.74) is 0. The van der Waals surface area contributed by atoms with Crippen molar-refractivity contribution in [3.05, 3.63) is 108 Å². The molecule has 0 aromatic heterocycles. The Balaban J connectivity index is 1.45. The average molecular weight is 513 g/mol. The lowest BCUT2D eigenvalue weighted by molar-refractivity contribution is -0.137. The Morgan fingerprint density at radius 2 is 0.973 bits per heavy atom. The predicted octanol–water partition coefficient (Wildman–Crippen LogP) is 6.62. The Labute approximate surface area is 217 Å². The molecular formula is C30H21ClO6. The molecule has 184 valence electrons. The van der Waals surface area contributed by atoms with Gasteiger partial charge < -0.3 is 18.9 Å². The number of hydrogen-bond acceptors (Lipinski definition) is 6. The fraction of sp³-hybridized carbons (Fsp3) is 0.0667. The topological polar surface area (TPSA) is 71.1 Å². The monoisotopic (exact) mass is 512 g/mol. The number of rotatable bonds is 8. The van der Waals surface area contributed by atoms with Crippen molar-refractivity contribution in [2.24, 2.45) is 0 Å². The van der Waals surface area contributed by atoms with Gasteiger partial charge in [0.15, 0.2) is 13.2 Å². The number of fused-ring (bicyclic) bond motifs is 2. The van der Waals surface area contributed by atoms with E-state index >= 15 is 0 Å². The minimum Gasteiger partial charge on any atom is -0.481 e. The molecule has 0 saturated heterocycles. The molecule has 0 bridgehead atoms. The van der Waals surface area contributed by atoms with Crippen LogP contribution in [0.25, 0.3) is 21.5 Å². The van der Waals surface area contributed by atoms with Crippen LogP contribution in [0, 0.1) is 0 Å². The van der Waals surface area contributed by atoms with E-state index in [1.54, 1.807) is 66.7 Å². The molecule has 6 nitrogen and oxygen atoms in total. The molecule has 0 N–H and O–H groups in total. The number of para-hydroxylation sites is 2. The van der Waals surface area contributed by atoms with E-state index in [0.717, 1.165) is 0 Å². The van der Waals surface area contributed by atoms with Gasteiger partial charge in [-0.15, -0.1) is 0 Å². The number of benzene rings is 5. The summed E-state index contributed by atoms with van der Waals surface area (Å²) in [7, 11) is 0. The predicted molar refractivity (Wildman–Crippen MR) is 142 cm³/mol. The standard InChI is InChI=1S/C30H21ClO6/c31-20-15-16-25-26(17-20)30(35-19-28(33)37-22-11-5-2-6-12-22)24-14-8-7-13-23(24)29(25)34-18-27(32)36-21-9-3-1-4-10-21/h1-17H,18-19H2. The maximum Gasteiger partial charge on any atom is 0.349 e. The zero-order valence-electron chi connectivity index (χ0n) is 19.6. The zero-order chi connectivity index (χ0) is 25.6. The van der Waals surface area contributed by atoms with E-state index in [1.165, 1.54) is 0 Å². The maximum atomic E-state index is 12.5. The van der Waals surface area contributed by atoms with Gasteiger partial charge in [-0.25, -0.2) is 9.59 Å². The highest BCUT2D eigenvalue weighted by Crippen LogP contribution is 2.43. The van der Waals surface area contributed by atoms with Crippen LogP contribution in [0.15, 0.2) is 103 Å². The van der Waals surface area contributed by atoms with Gasteiger partial charge in [-0.2, -0.15) is 0 Å². The first-order chi connectivity index (χ1) is 18.1. The van der Waals surface area contributed by atoms with Crippen LogP contribution in [0.1, 0.15) is 0 Å². The van der Waals surface area contributed by atoms with Gasteiger partial charge in [0.05, 0.1) is 0 Å². The Morgan fingerprint density at radius 1 is 0.541 bits per heavy atom. The van der Waals surface area contributed by atoms with Gasteiger partial charge in [0, 0.05) is 26.6 Å². The highest BCUT2D eigenvalue weighted by atomic mass is 35.5. The van der Waals surface area contributed by atoms with E-state index in [-0.39, 0.29) is 13.2 Å². The van der Waals surface area contributed by atoms with Gasteiger partial charge in [0.25, 0.3) is 0 Å². The van der Waals surface area contributed by atoms with Crippen LogP contribution in [0.2, 0.25) is 5.02 Å². The van der Waals surface area contributed by atoms with E-state index < -0.39 is 11.9 Å². The highest BCUT2D eigenvalue weighted by Gasteiger charge is 2.19. The Bertz CT molecular complexity index is 1570. The van der Waals surface area contributed by atoms with Gasteiger partial charge in [-0.3, -0.25) is 0 Å². The molecule has 0 spiro atoms. The van der Waals surface area contributed by atoms with Crippen molar-refractivity contribution < 1.29 is 28.5 Å². The lowest BCUT2D eigenvalue weighted by atomic mass is 10.0. The summed E-state index contributed by atoms with van der Waals surface area (Å²) >= 11 is 6.32. The van der Waals surface area contributed by atoms with E-state index in [1.807, 2.05) is 36.4 Å². The molecule has 0 aliphatic carbocycles. The molecule has 5 aromatic rings. The molecule has 7 heteroatoms. The quantitative estimate of drug-likeness (QED) is 0.132. The largest absolute Gasteiger partial charge is 0.481 e. The second kappa shape index (κ2) is 11.0. The number of halogens is 1. The first-order valence-corrected chi connectivity index (χ1v) is 11.9. The summed E-state index contributed by atoms with van der Waals surface area (Å²) < 4.78 is 22.7. The summed E-state index contributed by atoms with van der Waals surface area (Å²) in [6.07, 6.45) is 0. The lowest BCUT2D eigenvalue weighted by Crippen LogP contribution is -2.18. The molecule has 0 unspecified atom stereocenters. The van der Waals surface area contributed by atoms with Crippen LogP contribution in [-0.4, -0.2) is 25.2 Å². The van der Waals surface area contributed by atoms with Crippen molar-refractivity contribution in [1.29, 1.82) is 0 Å². The van der Waals surface area contributed by atoms with E-state index in [0.29, 0.717) is 49.6 Å². The molecule has 0 aliphatic heterocycles. The first-order valence-electron chi connectivity index (χ1n) is 11.5. The van der Waals surface area contributed by atoms with Crippen LogP contribution in [0.3, 0.4) is 0 Å². The number of carbonyl (C=O) groups is 2. The number of ether oxygens (including phenoxy) is 4. The lowest BCUT2D eigenvalue weighted by Gasteiger charge is -2.17. The van der Waals surface area contributed by atoms with Crippen LogP contribution in [0.5, 0.6) is 23.0 Å². The van der Waals surface area contributed by atoms with Crippen molar-refractivity contribution in [3.8, 4) is 23.0 Å². The Hall–Kier alpha value is -4.55. The molecule has 0 atom stereocenters. The van der Waals surface area contributed by atoms with Crippen molar-refractivity contribution in [2.75, 3.05) is 13.2 Å². The SMILES string of the molecule is O=C(COc1c2ccccc2c(OCC(=O)Oc2ccccc2)c2cc(Cl)ccc12)Oc1ccccc1. The molecule has 0 saturated carbocycles. The van der Waals surface area contributed by atoms with Crippen molar-refractivity contribution in [2.45, 2.75) is 0 Å². The first kappa shape index (κ1) is 24.2. The second-order valence-electron chi connectivity index (χ2n) is 8.05. The third-order valence-electron chi connectivity index (χ3n) is 5.51. The second-order valence-corrected chi connectivity index (χ2v) is 8.48. The van der Waals surface area contributed by atoms with Crippen molar-refractivity contribution >= 4 is 45.1 Å². The summed E-state index contributed by atoms with van der Waals surface area (Å²) in [6, 6.07) is 30.2. The van der Waals surface area contributed by atoms with E-state index in [2.05, 4.69) is 0 Å². The Kier molecular flexibility index (Phi) is 7.19. The maximum absolute atomic E-state index is 12.5. The molecule has 5 rings (SSSR count). The van der Waals surface area contributed by atoms with E-state index in [9.17, 15) is 9.59 Å². The molecule has 0 heterocycles. The number of esters is 2. The molecule has 0 radical (unpaired) electrons. The summed E-state index contributed by atoms with van der Waals surface area (Å²) in [6.45, 7) is -0.621. The van der Waals surface area contributed by atoms with Crippen LogP contribution >= 0.6 is 11.6 Å². The van der Waals surface area contributed by atoms with Gasteiger partial charge in [-0.1, -0.05) is 72.3 Å². The zero-order valence-corrected chi connectivity index (χ0v) is 20.3. The van der Waals surface area contributed by atoms with Crippen LogP contribution < -0.4 is 18.9 Å². The molecule has 0 aliphatic rings. The smallest absolute Gasteiger partial charge is 0.349 e. The fourth-order valence-corrected chi connectivity index (χ4v) is 4.12. The van der Waals surface area contributed by atoms with Gasteiger partial charge in [-0.05, 0) is 42.5 Å². The average Bonchev–Trinajstić information content (AvgIpc) is 2.91.